The molecule has 0 radical (unpaired) electrons. The Kier molecular flexibility index (Phi) is 4.22. The summed E-state index contributed by atoms with van der Waals surface area (Å²) in [6.45, 7) is 2.67. The van der Waals surface area contributed by atoms with E-state index in [0.717, 1.165) is 12.8 Å². The van der Waals surface area contributed by atoms with Crippen LogP contribution in [0.5, 0.6) is 0 Å². The van der Waals surface area contributed by atoms with Crippen LogP contribution in [0.1, 0.15) is 19.8 Å². The molecule has 1 aromatic rings. The van der Waals surface area contributed by atoms with Gasteiger partial charge in [0.2, 0.25) is 0 Å². The predicted molar refractivity (Wildman–Crippen MR) is 72.9 cm³/mol. The van der Waals surface area contributed by atoms with E-state index in [1.165, 1.54) is 12.1 Å². The van der Waals surface area contributed by atoms with Crippen molar-refractivity contribution in [3.63, 3.8) is 0 Å². The standard InChI is InChI=1S/C13H17BrF2N2/c1-8-5-10(17-2)3-4-18(8)13-11(15)6-9(14)7-12(13)16/h6-8,10,17H,3-5H2,1-2H3. The first-order valence-electron chi connectivity index (χ1n) is 6.11. The lowest BCUT2D eigenvalue weighted by molar-refractivity contribution is 0.380. The van der Waals surface area contributed by atoms with Crippen LogP contribution in [0.3, 0.4) is 0 Å². The van der Waals surface area contributed by atoms with Crippen LogP contribution in [0, 0.1) is 11.6 Å². The summed E-state index contributed by atoms with van der Waals surface area (Å²) in [5.41, 5.74) is 0.0975. The maximum atomic E-state index is 13.9. The molecule has 0 saturated carbocycles. The number of rotatable bonds is 2. The summed E-state index contributed by atoms with van der Waals surface area (Å²) >= 11 is 3.10. The highest BCUT2D eigenvalue weighted by Crippen LogP contribution is 2.31. The van der Waals surface area contributed by atoms with Gasteiger partial charge < -0.3 is 10.2 Å². The summed E-state index contributed by atoms with van der Waals surface area (Å²) in [6, 6.07) is 3.18. The van der Waals surface area contributed by atoms with E-state index in [-0.39, 0.29) is 11.7 Å². The summed E-state index contributed by atoms with van der Waals surface area (Å²) < 4.78 is 28.3. The number of hydrogen-bond donors (Lipinski definition) is 1. The number of nitrogens with one attached hydrogen (secondary N) is 1. The van der Waals surface area contributed by atoms with E-state index >= 15 is 0 Å². The van der Waals surface area contributed by atoms with E-state index in [1.54, 1.807) is 0 Å². The molecule has 1 saturated heterocycles. The second kappa shape index (κ2) is 5.53. The van der Waals surface area contributed by atoms with Crippen molar-refractivity contribution >= 4 is 21.6 Å². The molecule has 2 rings (SSSR count). The van der Waals surface area contributed by atoms with Crippen molar-refractivity contribution in [2.75, 3.05) is 18.5 Å². The molecule has 18 heavy (non-hydrogen) atoms. The Morgan fingerprint density at radius 2 is 1.94 bits per heavy atom. The monoisotopic (exact) mass is 318 g/mol. The van der Waals surface area contributed by atoms with Crippen molar-refractivity contribution in [1.82, 2.24) is 5.32 Å². The summed E-state index contributed by atoms with van der Waals surface area (Å²) in [7, 11) is 1.92. The minimum absolute atomic E-state index is 0.0975. The largest absolute Gasteiger partial charge is 0.364 e. The number of nitrogens with zero attached hydrogens (tertiary/aromatic N) is 1. The van der Waals surface area contributed by atoms with Gasteiger partial charge in [-0.3, -0.25) is 0 Å². The second-order valence-corrected chi connectivity index (χ2v) is 5.69. The topological polar surface area (TPSA) is 15.3 Å². The van der Waals surface area contributed by atoms with E-state index in [1.807, 2.05) is 18.9 Å². The van der Waals surface area contributed by atoms with Gasteiger partial charge in [-0.1, -0.05) is 15.9 Å². The Morgan fingerprint density at radius 3 is 2.44 bits per heavy atom. The van der Waals surface area contributed by atoms with Gasteiger partial charge in [0.15, 0.2) is 11.6 Å². The third-order valence-corrected chi connectivity index (χ3v) is 4.01. The molecule has 0 aromatic heterocycles. The minimum atomic E-state index is -0.503. The second-order valence-electron chi connectivity index (χ2n) is 4.77. The molecule has 0 amide bonds. The average Bonchev–Trinajstić information content (AvgIpc) is 2.29. The molecule has 100 valence electrons. The lowest BCUT2D eigenvalue weighted by Crippen LogP contribution is -2.47. The molecule has 1 N–H and O–H groups in total. The first kappa shape index (κ1) is 13.7. The zero-order valence-corrected chi connectivity index (χ0v) is 12.1. The molecule has 2 unspecified atom stereocenters. The Bertz CT molecular complexity index is 416. The lowest BCUT2D eigenvalue weighted by Gasteiger charge is -2.39. The van der Waals surface area contributed by atoms with E-state index in [2.05, 4.69) is 21.2 Å². The van der Waals surface area contributed by atoms with E-state index in [9.17, 15) is 8.78 Å². The average molecular weight is 319 g/mol. The highest BCUT2D eigenvalue weighted by atomic mass is 79.9. The van der Waals surface area contributed by atoms with Gasteiger partial charge in [-0.15, -0.1) is 0 Å². The van der Waals surface area contributed by atoms with Crippen molar-refractivity contribution in [2.24, 2.45) is 0 Å². The number of halogens is 3. The number of benzene rings is 1. The first-order valence-corrected chi connectivity index (χ1v) is 6.90. The number of piperidine rings is 1. The molecule has 1 fully saturated rings. The zero-order valence-electron chi connectivity index (χ0n) is 10.5. The molecule has 5 heteroatoms. The summed E-state index contributed by atoms with van der Waals surface area (Å²) in [4.78, 5) is 1.82. The molecule has 0 aliphatic carbocycles. The smallest absolute Gasteiger partial charge is 0.150 e. The minimum Gasteiger partial charge on any atom is -0.364 e. The van der Waals surface area contributed by atoms with Crippen LogP contribution in [0.4, 0.5) is 14.5 Å². The third kappa shape index (κ3) is 2.67. The fourth-order valence-electron chi connectivity index (χ4n) is 2.58. The normalized spacial score (nSPS) is 24.4. The van der Waals surface area contributed by atoms with Gasteiger partial charge in [0.25, 0.3) is 0 Å². The molecule has 1 heterocycles. The molecule has 1 aromatic carbocycles. The number of anilines is 1. The SMILES string of the molecule is CNC1CCN(c2c(F)cc(Br)cc2F)C(C)C1. The van der Waals surface area contributed by atoms with Crippen LogP contribution in [-0.4, -0.2) is 25.7 Å². The van der Waals surface area contributed by atoms with Gasteiger partial charge in [-0.05, 0) is 38.9 Å². The summed E-state index contributed by atoms with van der Waals surface area (Å²) in [5, 5.41) is 3.22. The van der Waals surface area contributed by atoms with Gasteiger partial charge in [-0.25, -0.2) is 8.78 Å². The van der Waals surface area contributed by atoms with Crippen molar-refractivity contribution in [1.29, 1.82) is 0 Å². The fraction of sp³-hybridized carbons (Fsp3) is 0.538. The first-order chi connectivity index (χ1) is 8.52. The van der Waals surface area contributed by atoms with Gasteiger partial charge in [0, 0.05) is 23.1 Å². The van der Waals surface area contributed by atoms with Gasteiger partial charge >= 0.3 is 0 Å². The van der Waals surface area contributed by atoms with Crippen LogP contribution in [-0.2, 0) is 0 Å². The van der Waals surface area contributed by atoms with Crippen molar-refractivity contribution in [3.05, 3.63) is 28.2 Å². The quantitative estimate of drug-likeness (QED) is 0.900. The van der Waals surface area contributed by atoms with Crippen LogP contribution in [0.2, 0.25) is 0 Å². The zero-order chi connectivity index (χ0) is 13.3. The van der Waals surface area contributed by atoms with Crippen LogP contribution in [0.25, 0.3) is 0 Å². The third-order valence-electron chi connectivity index (χ3n) is 3.55. The molecular weight excluding hydrogens is 302 g/mol. The molecule has 2 nitrogen and oxygen atoms in total. The summed E-state index contributed by atoms with van der Waals surface area (Å²) in [6.07, 6.45) is 1.79. The van der Waals surface area contributed by atoms with Gasteiger partial charge in [0.05, 0.1) is 0 Å². The Balaban J connectivity index is 2.27. The number of hydrogen-bond acceptors (Lipinski definition) is 2. The highest BCUT2D eigenvalue weighted by Gasteiger charge is 2.28. The van der Waals surface area contributed by atoms with Crippen LogP contribution < -0.4 is 10.2 Å². The molecule has 0 spiro atoms. The fourth-order valence-corrected chi connectivity index (χ4v) is 2.98. The molecule has 0 bridgehead atoms. The van der Waals surface area contributed by atoms with E-state index in [4.69, 9.17) is 0 Å². The maximum Gasteiger partial charge on any atom is 0.150 e. The maximum absolute atomic E-state index is 13.9. The predicted octanol–water partition coefficient (Wildman–Crippen LogP) is 3.30. The van der Waals surface area contributed by atoms with Crippen molar-refractivity contribution in [3.8, 4) is 0 Å². The van der Waals surface area contributed by atoms with Crippen LogP contribution >= 0.6 is 15.9 Å². The lowest BCUT2D eigenvalue weighted by atomic mass is 9.97. The molecular formula is C13H17BrF2N2. The molecule has 1 aliphatic rings. The van der Waals surface area contributed by atoms with E-state index in [0.29, 0.717) is 17.1 Å². The summed E-state index contributed by atoms with van der Waals surface area (Å²) in [5.74, 6) is -1.01. The van der Waals surface area contributed by atoms with Crippen molar-refractivity contribution in [2.45, 2.75) is 31.8 Å². The van der Waals surface area contributed by atoms with Crippen molar-refractivity contribution < 1.29 is 8.78 Å². The molecule has 1 aliphatic heterocycles. The van der Waals surface area contributed by atoms with E-state index < -0.39 is 11.6 Å². The van der Waals surface area contributed by atoms with Crippen LogP contribution in [0.15, 0.2) is 16.6 Å². The Morgan fingerprint density at radius 1 is 1.33 bits per heavy atom. The highest BCUT2D eigenvalue weighted by molar-refractivity contribution is 9.10. The Labute approximate surface area is 114 Å². The Hall–Kier alpha value is -0.680. The van der Waals surface area contributed by atoms with Gasteiger partial charge in [0.1, 0.15) is 5.69 Å². The van der Waals surface area contributed by atoms with Gasteiger partial charge in [-0.2, -0.15) is 0 Å². The molecule has 2 atom stereocenters.